The molecule has 2 aromatic carbocycles. The number of aromatic nitrogens is 2. The molecule has 2 saturated carbocycles. The Balaban J connectivity index is 1.31. The summed E-state index contributed by atoms with van der Waals surface area (Å²) in [5, 5.41) is 7.26. The lowest BCUT2D eigenvalue weighted by Gasteiger charge is -2.17. The summed E-state index contributed by atoms with van der Waals surface area (Å²) in [5.74, 6) is -0.724. The van der Waals surface area contributed by atoms with Crippen molar-refractivity contribution in [1.29, 1.82) is 0 Å². The molecule has 5 rings (SSSR count). The number of rotatable bonds is 6. The number of hydrogen-bond donors (Lipinski definition) is 1. The van der Waals surface area contributed by atoms with Gasteiger partial charge in [-0.05, 0) is 69.4 Å². The lowest BCUT2D eigenvalue weighted by atomic mass is 9.93. The van der Waals surface area contributed by atoms with Crippen molar-refractivity contribution in [3.05, 3.63) is 76.9 Å². The number of nitrogens with one attached hydrogen (secondary N) is 1. The number of hydrogen-bond acceptors (Lipinski definition) is 4. The van der Waals surface area contributed by atoms with Gasteiger partial charge in [0.1, 0.15) is 11.5 Å². The highest BCUT2D eigenvalue weighted by Crippen LogP contribution is 2.50. The van der Waals surface area contributed by atoms with Gasteiger partial charge < -0.3 is 10.1 Å². The number of halogens is 1. The summed E-state index contributed by atoms with van der Waals surface area (Å²) in [4.78, 5) is 25.7. The predicted octanol–water partition coefficient (Wildman–Crippen LogP) is 4.86. The summed E-state index contributed by atoms with van der Waals surface area (Å²) >= 11 is 0. The van der Waals surface area contributed by atoms with Crippen LogP contribution in [-0.2, 0) is 10.2 Å². The van der Waals surface area contributed by atoms with Gasteiger partial charge in [0.05, 0.1) is 23.2 Å². The molecular formula is C25H24FN3O3. The molecule has 6 nitrogen and oxygen atoms in total. The van der Waals surface area contributed by atoms with Gasteiger partial charge in [0.2, 0.25) is 5.91 Å². The maximum Gasteiger partial charge on any atom is 0.343 e. The van der Waals surface area contributed by atoms with Crippen LogP contribution >= 0.6 is 0 Å². The van der Waals surface area contributed by atoms with Crippen molar-refractivity contribution in [1.82, 2.24) is 9.78 Å². The third kappa shape index (κ3) is 3.79. The Kier molecular flexibility index (Phi) is 4.84. The zero-order valence-corrected chi connectivity index (χ0v) is 18.0. The van der Waals surface area contributed by atoms with Crippen LogP contribution in [0, 0.1) is 19.7 Å². The molecule has 32 heavy (non-hydrogen) atoms. The van der Waals surface area contributed by atoms with E-state index in [-0.39, 0.29) is 11.7 Å². The quantitative estimate of drug-likeness (QED) is 0.563. The summed E-state index contributed by atoms with van der Waals surface area (Å²) < 4.78 is 21.9. The molecular weight excluding hydrogens is 409 g/mol. The molecule has 1 N–H and O–H groups in total. The first kappa shape index (κ1) is 20.4. The number of carbonyl (C=O) groups excluding carboxylic acids is 2. The van der Waals surface area contributed by atoms with E-state index in [1.807, 2.05) is 17.7 Å². The highest BCUT2D eigenvalue weighted by molar-refractivity contribution is 6.02. The number of nitrogens with zero attached hydrogens (tertiary/aromatic N) is 2. The van der Waals surface area contributed by atoms with Crippen LogP contribution in [0.3, 0.4) is 0 Å². The zero-order chi connectivity index (χ0) is 22.5. The molecule has 1 amide bonds. The topological polar surface area (TPSA) is 73.2 Å². The van der Waals surface area contributed by atoms with Gasteiger partial charge >= 0.3 is 5.97 Å². The number of amides is 1. The molecule has 3 aromatic rings. The van der Waals surface area contributed by atoms with Crippen molar-refractivity contribution in [2.45, 2.75) is 51.0 Å². The smallest absolute Gasteiger partial charge is 0.343 e. The molecule has 0 radical (unpaired) electrons. The van der Waals surface area contributed by atoms with Gasteiger partial charge in [0, 0.05) is 11.3 Å². The number of anilines is 1. The van der Waals surface area contributed by atoms with Gasteiger partial charge in [-0.25, -0.2) is 9.18 Å². The van der Waals surface area contributed by atoms with Crippen molar-refractivity contribution in [2.24, 2.45) is 0 Å². The second-order valence-corrected chi connectivity index (χ2v) is 8.78. The molecule has 1 aromatic heterocycles. The SMILES string of the molecule is Cc1ccc(C2(C(=O)Nc3cccc(C(=O)Oc4cn(C5CC5)nc4C)c3)CC2)c(F)c1. The van der Waals surface area contributed by atoms with Gasteiger partial charge in [0.25, 0.3) is 0 Å². The molecule has 0 atom stereocenters. The fourth-order valence-corrected chi connectivity index (χ4v) is 3.98. The van der Waals surface area contributed by atoms with E-state index < -0.39 is 11.4 Å². The standard InChI is InChI=1S/C25H24FN3O3/c1-15-6-9-20(21(26)12-15)25(10-11-25)24(31)27-18-5-3-4-17(13-18)23(30)32-22-14-29(19-7-8-19)28-16(22)2/h3-6,9,12-14,19H,7-8,10-11H2,1-2H3,(H,27,31). The molecule has 164 valence electrons. The zero-order valence-electron chi connectivity index (χ0n) is 18.0. The summed E-state index contributed by atoms with van der Waals surface area (Å²) in [7, 11) is 0. The van der Waals surface area contributed by atoms with Crippen molar-refractivity contribution in [3.63, 3.8) is 0 Å². The summed E-state index contributed by atoms with van der Waals surface area (Å²) in [6, 6.07) is 11.9. The highest BCUT2D eigenvalue weighted by atomic mass is 19.1. The van der Waals surface area contributed by atoms with E-state index in [1.54, 1.807) is 43.5 Å². The molecule has 2 aliphatic rings. The van der Waals surface area contributed by atoms with Crippen LogP contribution in [0.5, 0.6) is 5.75 Å². The van der Waals surface area contributed by atoms with Gasteiger partial charge in [0.15, 0.2) is 5.75 Å². The van der Waals surface area contributed by atoms with Crippen LogP contribution in [0.2, 0.25) is 0 Å². The Morgan fingerprint density at radius 3 is 2.62 bits per heavy atom. The number of esters is 1. The molecule has 0 unspecified atom stereocenters. The fourth-order valence-electron chi connectivity index (χ4n) is 3.98. The maximum absolute atomic E-state index is 14.5. The average molecular weight is 433 g/mol. The second-order valence-electron chi connectivity index (χ2n) is 8.78. The number of aryl methyl sites for hydroxylation is 2. The van der Waals surface area contributed by atoms with Crippen molar-refractivity contribution < 1.29 is 18.7 Å². The van der Waals surface area contributed by atoms with Crippen LogP contribution in [0.25, 0.3) is 0 Å². The number of ether oxygens (including phenoxy) is 1. The van der Waals surface area contributed by atoms with Crippen LogP contribution in [0.4, 0.5) is 10.1 Å². The van der Waals surface area contributed by atoms with E-state index in [9.17, 15) is 14.0 Å². The lowest BCUT2D eigenvalue weighted by Crippen LogP contribution is -2.28. The fraction of sp³-hybridized carbons (Fsp3) is 0.320. The van der Waals surface area contributed by atoms with Gasteiger partial charge in [-0.15, -0.1) is 0 Å². The van der Waals surface area contributed by atoms with E-state index >= 15 is 0 Å². The Morgan fingerprint density at radius 1 is 1.16 bits per heavy atom. The normalized spacial score (nSPS) is 16.5. The third-order valence-electron chi connectivity index (χ3n) is 6.18. The van der Waals surface area contributed by atoms with Gasteiger partial charge in [-0.2, -0.15) is 5.10 Å². The Morgan fingerprint density at radius 2 is 1.94 bits per heavy atom. The predicted molar refractivity (Wildman–Crippen MR) is 117 cm³/mol. The Bertz CT molecular complexity index is 1220. The molecule has 2 aliphatic carbocycles. The van der Waals surface area contributed by atoms with E-state index in [1.165, 1.54) is 6.07 Å². The largest absolute Gasteiger partial charge is 0.419 e. The molecule has 0 aliphatic heterocycles. The molecule has 0 spiro atoms. The average Bonchev–Trinajstić information content (AvgIpc) is 3.67. The van der Waals surface area contributed by atoms with Gasteiger partial charge in [-0.1, -0.05) is 18.2 Å². The van der Waals surface area contributed by atoms with Crippen molar-refractivity contribution in [2.75, 3.05) is 5.32 Å². The molecule has 2 fully saturated rings. The number of carbonyl (C=O) groups is 2. The van der Waals surface area contributed by atoms with Crippen LogP contribution in [0.15, 0.2) is 48.7 Å². The molecule has 7 heteroatoms. The maximum atomic E-state index is 14.5. The molecule has 0 saturated heterocycles. The van der Waals surface area contributed by atoms with E-state index in [0.717, 1.165) is 18.4 Å². The third-order valence-corrected chi connectivity index (χ3v) is 6.18. The lowest BCUT2D eigenvalue weighted by molar-refractivity contribution is -0.118. The molecule has 1 heterocycles. The first-order valence-corrected chi connectivity index (χ1v) is 10.8. The second kappa shape index (κ2) is 7.58. The van der Waals surface area contributed by atoms with E-state index in [2.05, 4.69) is 10.4 Å². The van der Waals surface area contributed by atoms with Crippen molar-refractivity contribution >= 4 is 17.6 Å². The van der Waals surface area contributed by atoms with E-state index in [4.69, 9.17) is 4.74 Å². The van der Waals surface area contributed by atoms with Crippen LogP contribution in [-0.4, -0.2) is 21.7 Å². The van der Waals surface area contributed by atoms with Crippen LogP contribution < -0.4 is 10.1 Å². The van der Waals surface area contributed by atoms with Crippen molar-refractivity contribution in [3.8, 4) is 5.75 Å². The first-order chi connectivity index (χ1) is 15.4. The molecule has 0 bridgehead atoms. The Labute approximate surface area is 185 Å². The van der Waals surface area contributed by atoms with Gasteiger partial charge in [-0.3, -0.25) is 9.48 Å². The minimum atomic E-state index is -0.858. The highest BCUT2D eigenvalue weighted by Gasteiger charge is 2.52. The monoisotopic (exact) mass is 433 g/mol. The summed E-state index contributed by atoms with van der Waals surface area (Å²) in [5.41, 5.74) is 1.81. The number of benzene rings is 2. The Hall–Kier alpha value is -3.48. The minimum Gasteiger partial charge on any atom is -0.419 e. The van der Waals surface area contributed by atoms with Crippen LogP contribution in [0.1, 0.15) is 58.9 Å². The summed E-state index contributed by atoms with van der Waals surface area (Å²) in [6.45, 7) is 3.62. The van der Waals surface area contributed by atoms with E-state index in [0.29, 0.717) is 47.1 Å². The first-order valence-electron chi connectivity index (χ1n) is 10.8. The minimum absolute atomic E-state index is 0.271. The summed E-state index contributed by atoms with van der Waals surface area (Å²) in [6.07, 6.45) is 5.10.